The van der Waals surface area contributed by atoms with Gasteiger partial charge in [-0.25, -0.2) is 4.39 Å². The van der Waals surface area contributed by atoms with Crippen LogP contribution in [0.15, 0.2) is 72.8 Å². The van der Waals surface area contributed by atoms with Gasteiger partial charge in [-0.2, -0.15) is 0 Å². The molecular formula is C24H15FO2. The maximum atomic E-state index is 13.3. The van der Waals surface area contributed by atoms with Gasteiger partial charge in [0.1, 0.15) is 11.7 Å². The highest BCUT2D eigenvalue weighted by atomic mass is 19.1. The molecule has 4 aromatic carbocycles. The molecule has 130 valence electrons. The van der Waals surface area contributed by atoms with Crippen LogP contribution in [0.1, 0.15) is 27.4 Å². The molecule has 1 atom stereocenters. The molecule has 0 spiro atoms. The molecule has 0 aliphatic heterocycles. The number of ketones is 2. The van der Waals surface area contributed by atoms with E-state index >= 15 is 0 Å². The van der Waals surface area contributed by atoms with E-state index in [9.17, 15) is 14.0 Å². The van der Waals surface area contributed by atoms with Crippen LogP contribution in [0.3, 0.4) is 0 Å². The van der Waals surface area contributed by atoms with Gasteiger partial charge in [-0.05, 0) is 44.8 Å². The van der Waals surface area contributed by atoms with Crippen LogP contribution in [0.4, 0.5) is 4.39 Å². The van der Waals surface area contributed by atoms with E-state index in [-0.39, 0.29) is 23.8 Å². The molecular weight excluding hydrogens is 339 g/mol. The molecule has 1 unspecified atom stereocenters. The zero-order valence-corrected chi connectivity index (χ0v) is 14.4. The van der Waals surface area contributed by atoms with Crippen LogP contribution >= 0.6 is 0 Å². The highest BCUT2D eigenvalue weighted by Crippen LogP contribution is 2.37. The van der Waals surface area contributed by atoms with Crippen LogP contribution < -0.4 is 0 Å². The second-order valence-electron chi connectivity index (χ2n) is 6.97. The van der Waals surface area contributed by atoms with E-state index in [4.69, 9.17) is 0 Å². The number of hydrogen-bond acceptors (Lipinski definition) is 2. The molecule has 0 bridgehead atoms. The molecule has 0 saturated carbocycles. The lowest BCUT2D eigenvalue weighted by atomic mass is 9.76. The van der Waals surface area contributed by atoms with Crippen LogP contribution in [0.5, 0.6) is 0 Å². The molecule has 0 N–H and O–H groups in total. The van der Waals surface area contributed by atoms with Crippen molar-refractivity contribution in [1.29, 1.82) is 0 Å². The Bertz CT molecular complexity index is 1240. The molecule has 5 rings (SSSR count). The van der Waals surface area contributed by atoms with Crippen molar-refractivity contribution in [2.24, 2.45) is 0 Å². The standard InChI is InChI=1S/C24H15FO2/c25-17-9-5-15(6-10-17)23-21(26)13-16-8-11-19-18-4-2-1-3-14(18)7-12-20(19)22(16)24(23)27/h1-12,23H,13H2. The van der Waals surface area contributed by atoms with Crippen molar-refractivity contribution >= 4 is 33.1 Å². The van der Waals surface area contributed by atoms with Crippen molar-refractivity contribution in [2.45, 2.75) is 12.3 Å². The maximum Gasteiger partial charge on any atom is 0.178 e. The number of fused-ring (bicyclic) bond motifs is 5. The normalized spacial score (nSPS) is 16.7. The molecule has 27 heavy (non-hydrogen) atoms. The average molecular weight is 354 g/mol. The summed E-state index contributed by atoms with van der Waals surface area (Å²) < 4.78 is 13.3. The van der Waals surface area contributed by atoms with E-state index in [0.717, 1.165) is 27.1 Å². The molecule has 0 aromatic heterocycles. The quantitative estimate of drug-likeness (QED) is 0.347. The average Bonchev–Trinajstić information content (AvgIpc) is 2.68. The van der Waals surface area contributed by atoms with Crippen LogP contribution in [-0.2, 0) is 11.2 Å². The summed E-state index contributed by atoms with van der Waals surface area (Å²) in [6.45, 7) is 0. The third kappa shape index (κ3) is 2.39. The molecule has 4 aromatic rings. The monoisotopic (exact) mass is 354 g/mol. The predicted molar refractivity (Wildman–Crippen MR) is 104 cm³/mol. The van der Waals surface area contributed by atoms with Gasteiger partial charge in [-0.15, -0.1) is 0 Å². The number of carbonyl (C=O) groups excluding carboxylic acids is 2. The lowest BCUT2D eigenvalue weighted by Crippen LogP contribution is -2.30. The zero-order chi connectivity index (χ0) is 18.5. The molecule has 0 radical (unpaired) electrons. The molecule has 0 saturated heterocycles. The fraction of sp³-hybridized carbons (Fsp3) is 0.0833. The van der Waals surface area contributed by atoms with E-state index in [1.54, 1.807) is 0 Å². The lowest BCUT2D eigenvalue weighted by Gasteiger charge is -2.24. The fourth-order valence-corrected chi connectivity index (χ4v) is 4.14. The Kier molecular flexibility index (Phi) is 3.44. The molecule has 3 heteroatoms. The van der Waals surface area contributed by atoms with E-state index < -0.39 is 5.92 Å². The van der Waals surface area contributed by atoms with Gasteiger partial charge in [-0.3, -0.25) is 9.59 Å². The molecule has 0 amide bonds. The summed E-state index contributed by atoms with van der Waals surface area (Å²) in [7, 11) is 0. The summed E-state index contributed by atoms with van der Waals surface area (Å²) >= 11 is 0. The number of rotatable bonds is 1. The lowest BCUT2D eigenvalue weighted by molar-refractivity contribution is -0.119. The first-order chi connectivity index (χ1) is 13.1. The van der Waals surface area contributed by atoms with Gasteiger partial charge in [-0.1, -0.05) is 60.7 Å². The summed E-state index contributed by atoms with van der Waals surface area (Å²) in [6.07, 6.45) is 0.214. The van der Waals surface area contributed by atoms with Crippen molar-refractivity contribution in [1.82, 2.24) is 0 Å². The van der Waals surface area contributed by atoms with Gasteiger partial charge in [0.15, 0.2) is 11.6 Å². The number of Topliss-reactive ketones (excluding diaryl/α,β-unsaturated/α-hetero) is 2. The Morgan fingerprint density at radius 1 is 0.741 bits per heavy atom. The van der Waals surface area contributed by atoms with Crippen LogP contribution in [0.25, 0.3) is 21.5 Å². The van der Waals surface area contributed by atoms with Crippen molar-refractivity contribution in [3.8, 4) is 0 Å². The Morgan fingerprint density at radius 3 is 2.30 bits per heavy atom. The highest BCUT2D eigenvalue weighted by molar-refractivity contribution is 6.25. The first-order valence-electron chi connectivity index (χ1n) is 8.89. The Balaban J connectivity index is 1.75. The van der Waals surface area contributed by atoms with Gasteiger partial charge in [0.2, 0.25) is 0 Å². The molecule has 0 heterocycles. The van der Waals surface area contributed by atoms with E-state index in [1.165, 1.54) is 24.3 Å². The van der Waals surface area contributed by atoms with Gasteiger partial charge >= 0.3 is 0 Å². The molecule has 2 nitrogen and oxygen atoms in total. The highest BCUT2D eigenvalue weighted by Gasteiger charge is 2.36. The number of hydrogen-bond donors (Lipinski definition) is 0. The SMILES string of the molecule is O=C1Cc2ccc3c(ccc4ccccc43)c2C(=O)C1c1ccc(F)cc1. The Hall–Kier alpha value is -3.33. The molecule has 1 aliphatic carbocycles. The van der Waals surface area contributed by atoms with Crippen LogP contribution in [0.2, 0.25) is 0 Å². The molecule has 0 fully saturated rings. The van der Waals surface area contributed by atoms with Gasteiger partial charge in [0.25, 0.3) is 0 Å². The summed E-state index contributed by atoms with van der Waals surface area (Å²) in [5.41, 5.74) is 1.94. The Labute approximate surface area is 155 Å². The third-order valence-corrected chi connectivity index (χ3v) is 5.41. The van der Waals surface area contributed by atoms with E-state index in [0.29, 0.717) is 11.1 Å². The second-order valence-corrected chi connectivity index (χ2v) is 6.97. The number of carbonyl (C=O) groups is 2. The van der Waals surface area contributed by atoms with Crippen LogP contribution in [0, 0.1) is 5.82 Å². The van der Waals surface area contributed by atoms with Crippen molar-refractivity contribution in [3.63, 3.8) is 0 Å². The largest absolute Gasteiger partial charge is 0.298 e. The van der Waals surface area contributed by atoms with Crippen LogP contribution in [-0.4, -0.2) is 11.6 Å². The van der Waals surface area contributed by atoms with Crippen molar-refractivity contribution in [3.05, 3.63) is 95.3 Å². The first-order valence-corrected chi connectivity index (χ1v) is 8.89. The van der Waals surface area contributed by atoms with Gasteiger partial charge < -0.3 is 0 Å². The Morgan fingerprint density at radius 2 is 1.48 bits per heavy atom. The smallest absolute Gasteiger partial charge is 0.178 e. The van der Waals surface area contributed by atoms with E-state index in [1.807, 2.05) is 48.5 Å². The third-order valence-electron chi connectivity index (χ3n) is 5.41. The summed E-state index contributed by atoms with van der Waals surface area (Å²) in [5.74, 6) is -1.59. The van der Waals surface area contributed by atoms with Gasteiger partial charge in [0.05, 0.1) is 0 Å². The fourth-order valence-electron chi connectivity index (χ4n) is 4.14. The van der Waals surface area contributed by atoms with Crippen molar-refractivity contribution in [2.75, 3.05) is 0 Å². The van der Waals surface area contributed by atoms with E-state index in [2.05, 4.69) is 0 Å². The minimum Gasteiger partial charge on any atom is -0.298 e. The summed E-state index contributed by atoms with van der Waals surface area (Å²) in [5, 5.41) is 4.07. The first kappa shape index (κ1) is 15.9. The summed E-state index contributed by atoms with van der Waals surface area (Å²) in [6, 6.07) is 21.6. The second kappa shape index (κ2) is 5.85. The minimum absolute atomic E-state index is 0.140. The topological polar surface area (TPSA) is 34.1 Å². The maximum absolute atomic E-state index is 13.3. The molecule has 1 aliphatic rings. The zero-order valence-electron chi connectivity index (χ0n) is 14.4. The minimum atomic E-state index is -0.866. The number of halogens is 1. The predicted octanol–water partition coefficient (Wildman–Crippen LogP) is 5.22. The van der Waals surface area contributed by atoms with Crippen molar-refractivity contribution < 1.29 is 14.0 Å². The van der Waals surface area contributed by atoms with Gasteiger partial charge in [0, 0.05) is 12.0 Å². The summed E-state index contributed by atoms with van der Waals surface area (Å²) in [4.78, 5) is 26.0. The number of benzene rings is 4.